The van der Waals surface area contributed by atoms with Gasteiger partial charge in [0.15, 0.2) is 0 Å². The second-order valence-electron chi connectivity index (χ2n) is 7.94. The van der Waals surface area contributed by atoms with E-state index in [1.54, 1.807) is 4.90 Å². The molecule has 1 fully saturated rings. The number of hydrogen-bond donors (Lipinski definition) is 1. The summed E-state index contributed by atoms with van der Waals surface area (Å²) < 4.78 is 0. The zero-order chi connectivity index (χ0) is 20.0. The smallest absolute Gasteiger partial charge is 0.229 e. The van der Waals surface area contributed by atoms with E-state index in [0.717, 1.165) is 23.4 Å². The molecule has 0 bridgehead atoms. The molecule has 1 aliphatic heterocycles. The highest BCUT2D eigenvalue weighted by molar-refractivity contribution is 6.03. The van der Waals surface area contributed by atoms with Gasteiger partial charge in [0.1, 0.15) is 0 Å². The van der Waals surface area contributed by atoms with Crippen molar-refractivity contribution in [3.05, 3.63) is 83.4 Å². The molecule has 144 valence electrons. The van der Waals surface area contributed by atoms with Crippen LogP contribution >= 0.6 is 0 Å². The van der Waals surface area contributed by atoms with Crippen LogP contribution in [0.5, 0.6) is 0 Å². The molecule has 1 aliphatic carbocycles. The Morgan fingerprint density at radius 3 is 2.55 bits per heavy atom. The lowest BCUT2D eigenvalue weighted by atomic mass is 10.0. The first kappa shape index (κ1) is 17.7. The summed E-state index contributed by atoms with van der Waals surface area (Å²) >= 11 is 0. The predicted molar refractivity (Wildman–Crippen MR) is 115 cm³/mol. The SMILES string of the molecule is Cc1ccc(N2CC(C(=O)Nc3ccc4c(c3)Cc3ccccc3-4)CC2=O)cc1. The maximum absolute atomic E-state index is 12.8. The lowest BCUT2D eigenvalue weighted by Crippen LogP contribution is -2.28. The maximum atomic E-state index is 12.8. The summed E-state index contributed by atoms with van der Waals surface area (Å²) in [5.74, 6) is -0.434. The minimum absolute atomic E-state index is 0.00148. The van der Waals surface area contributed by atoms with Gasteiger partial charge in [0.25, 0.3) is 0 Å². The van der Waals surface area contributed by atoms with Crippen LogP contribution in [0.3, 0.4) is 0 Å². The van der Waals surface area contributed by atoms with Gasteiger partial charge in [0.2, 0.25) is 11.8 Å². The Kier molecular flexibility index (Phi) is 4.20. The average Bonchev–Trinajstić information content (AvgIpc) is 3.29. The van der Waals surface area contributed by atoms with E-state index in [4.69, 9.17) is 0 Å². The molecular weight excluding hydrogens is 360 g/mol. The Morgan fingerprint density at radius 2 is 1.72 bits per heavy atom. The second kappa shape index (κ2) is 6.89. The molecule has 2 aliphatic rings. The first-order valence-corrected chi connectivity index (χ1v) is 9.97. The molecule has 0 spiro atoms. The summed E-state index contributed by atoms with van der Waals surface area (Å²) in [5.41, 5.74) is 7.85. The van der Waals surface area contributed by atoms with Crippen molar-refractivity contribution in [3.8, 4) is 11.1 Å². The third-order valence-electron chi connectivity index (χ3n) is 5.90. The number of nitrogens with zero attached hydrogens (tertiary/aromatic N) is 1. The van der Waals surface area contributed by atoms with Crippen LogP contribution in [0.4, 0.5) is 11.4 Å². The summed E-state index contributed by atoms with van der Waals surface area (Å²) in [6, 6.07) is 22.3. The zero-order valence-electron chi connectivity index (χ0n) is 16.3. The largest absolute Gasteiger partial charge is 0.326 e. The molecule has 1 heterocycles. The summed E-state index contributed by atoms with van der Waals surface area (Å²) in [6.45, 7) is 2.44. The molecule has 1 saturated heterocycles. The van der Waals surface area contributed by atoms with Gasteiger partial charge in [0, 0.05) is 24.3 Å². The van der Waals surface area contributed by atoms with Gasteiger partial charge in [-0.2, -0.15) is 0 Å². The normalized spacial score (nSPS) is 17.2. The lowest BCUT2D eigenvalue weighted by molar-refractivity contribution is -0.122. The predicted octanol–water partition coefficient (Wildman–Crippen LogP) is 4.56. The van der Waals surface area contributed by atoms with Crippen molar-refractivity contribution >= 4 is 23.2 Å². The topological polar surface area (TPSA) is 49.4 Å². The summed E-state index contributed by atoms with van der Waals surface area (Å²) in [7, 11) is 0. The van der Waals surface area contributed by atoms with Crippen LogP contribution in [-0.2, 0) is 16.0 Å². The van der Waals surface area contributed by atoms with Crippen LogP contribution in [0.2, 0.25) is 0 Å². The van der Waals surface area contributed by atoms with Gasteiger partial charge in [-0.3, -0.25) is 9.59 Å². The van der Waals surface area contributed by atoms with Crippen molar-refractivity contribution in [1.82, 2.24) is 0 Å². The number of anilines is 2. The van der Waals surface area contributed by atoms with Crippen molar-refractivity contribution in [1.29, 1.82) is 0 Å². The summed E-state index contributed by atoms with van der Waals surface area (Å²) in [6.07, 6.45) is 1.13. The summed E-state index contributed by atoms with van der Waals surface area (Å²) in [4.78, 5) is 27.0. The summed E-state index contributed by atoms with van der Waals surface area (Å²) in [5, 5.41) is 3.02. The third kappa shape index (κ3) is 3.21. The molecule has 0 aromatic heterocycles. The molecule has 3 aromatic carbocycles. The number of aryl methyl sites for hydroxylation is 1. The van der Waals surface area contributed by atoms with Crippen LogP contribution in [0, 0.1) is 12.8 Å². The third-order valence-corrected chi connectivity index (χ3v) is 5.90. The minimum atomic E-state index is -0.339. The van der Waals surface area contributed by atoms with E-state index in [1.165, 1.54) is 22.3 Å². The van der Waals surface area contributed by atoms with Crippen molar-refractivity contribution < 1.29 is 9.59 Å². The Labute approximate surface area is 170 Å². The fourth-order valence-corrected chi connectivity index (χ4v) is 4.32. The van der Waals surface area contributed by atoms with Gasteiger partial charge in [-0.25, -0.2) is 0 Å². The number of nitrogens with one attached hydrogen (secondary N) is 1. The van der Waals surface area contributed by atoms with E-state index >= 15 is 0 Å². The highest BCUT2D eigenvalue weighted by Crippen LogP contribution is 2.37. The van der Waals surface area contributed by atoms with Crippen molar-refractivity contribution in [2.75, 3.05) is 16.8 Å². The van der Waals surface area contributed by atoms with E-state index in [2.05, 4.69) is 41.7 Å². The fraction of sp³-hybridized carbons (Fsp3) is 0.200. The molecule has 1 atom stereocenters. The van der Waals surface area contributed by atoms with Crippen LogP contribution in [0.15, 0.2) is 66.7 Å². The van der Waals surface area contributed by atoms with Crippen molar-refractivity contribution in [2.24, 2.45) is 5.92 Å². The number of carbonyl (C=O) groups excluding carboxylic acids is 2. The standard InChI is InChI=1S/C25H22N2O2/c1-16-6-9-21(10-7-16)27-15-19(14-24(27)28)25(29)26-20-8-11-23-18(13-20)12-17-4-2-3-5-22(17)23/h2-11,13,19H,12,14-15H2,1H3,(H,26,29). The monoisotopic (exact) mass is 382 g/mol. The van der Waals surface area contributed by atoms with Crippen LogP contribution in [0.1, 0.15) is 23.1 Å². The van der Waals surface area contributed by atoms with Crippen molar-refractivity contribution in [2.45, 2.75) is 19.8 Å². The molecule has 4 nitrogen and oxygen atoms in total. The lowest BCUT2D eigenvalue weighted by Gasteiger charge is -2.17. The second-order valence-corrected chi connectivity index (χ2v) is 7.94. The molecule has 5 rings (SSSR count). The van der Waals surface area contributed by atoms with Crippen LogP contribution < -0.4 is 10.2 Å². The molecule has 1 N–H and O–H groups in total. The zero-order valence-corrected chi connectivity index (χ0v) is 16.3. The van der Waals surface area contributed by atoms with Crippen LogP contribution in [-0.4, -0.2) is 18.4 Å². The first-order valence-electron chi connectivity index (χ1n) is 9.97. The first-order chi connectivity index (χ1) is 14.1. The molecule has 1 unspecified atom stereocenters. The van der Waals surface area contributed by atoms with E-state index in [-0.39, 0.29) is 24.2 Å². The van der Waals surface area contributed by atoms with Gasteiger partial charge in [-0.05, 0) is 59.9 Å². The molecule has 0 radical (unpaired) electrons. The highest BCUT2D eigenvalue weighted by Gasteiger charge is 2.35. The fourth-order valence-electron chi connectivity index (χ4n) is 4.32. The minimum Gasteiger partial charge on any atom is -0.326 e. The Hall–Kier alpha value is -3.40. The number of benzene rings is 3. The number of fused-ring (bicyclic) bond motifs is 3. The number of carbonyl (C=O) groups is 2. The number of amides is 2. The van der Waals surface area contributed by atoms with E-state index in [1.807, 2.05) is 37.3 Å². The number of hydrogen-bond acceptors (Lipinski definition) is 2. The van der Waals surface area contributed by atoms with E-state index in [0.29, 0.717) is 6.54 Å². The van der Waals surface area contributed by atoms with Gasteiger partial charge >= 0.3 is 0 Å². The maximum Gasteiger partial charge on any atom is 0.229 e. The van der Waals surface area contributed by atoms with E-state index in [9.17, 15) is 9.59 Å². The Morgan fingerprint density at radius 1 is 0.966 bits per heavy atom. The molecule has 2 amide bonds. The molecule has 3 aromatic rings. The molecule has 4 heteroatoms. The van der Waals surface area contributed by atoms with E-state index < -0.39 is 0 Å². The van der Waals surface area contributed by atoms with Gasteiger partial charge in [-0.15, -0.1) is 0 Å². The molecule has 29 heavy (non-hydrogen) atoms. The van der Waals surface area contributed by atoms with Crippen molar-refractivity contribution in [3.63, 3.8) is 0 Å². The Bertz CT molecular complexity index is 1120. The quantitative estimate of drug-likeness (QED) is 0.565. The average molecular weight is 382 g/mol. The highest BCUT2D eigenvalue weighted by atomic mass is 16.2. The molecular formula is C25H22N2O2. The van der Waals surface area contributed by atoms with Crippen LogP contribution in [0.25, 0.3) is 11.1 Å². The van der Waals surface area contributed by atoms with Gasteiger partial charge in [0.05, 0.1) is 5.92 Å². The molecule has 0 saturated carbocycles. The van der Waals surface area contributed by atoms with Gasteiger partial charge < -0.3 is 10.2 Å². The number of rotatable bonds is 3. The van der Waals surface area contributed by atoms with Gasteiger partial charge in [-0.1, -0.05) is 48.0 Å². The Balaban J connectivity index is 1.30.